The van der Waals surface area contributed by atoms with Crippen LogP contribution in [0.4, 0.5) is 0 Å². The highest BCUT2D eigenvalue weighted by molar-refractivity contribution is 6.42. The summed E-state index contributed by atoms with van der Waals surface area (Å²) in [5, 5.41) is 1.24. The summed E-state index contributed by atoms with van der Waals surface area (Å²) in [6.07, 6.45) is 3.26. The van der Waals surface area contributed by atoms with E-state index in [1.165, 1.54) is 11.1 Å². The van der Waals surface area contributed by atoms with E-state index in [2.05, 4.69) is 0 Å². The lowest BCUT2D eigenvalue weighted by molar-refractivity contribution is 0.570. The first-order chi connectivity index (χ1) is 6.18. The van der Waals surface area contributed by atoms with Crippen LogP contribution < -0.4 is 5.73 Å². The summed E-state index contributed by atoms with van der Waals surface area (Å²) < 4.78 is 0. The Morgan fingerprint density at radius 2 is 1.92 bits per heavy atom. The first kappa shape index (κ1) is 9.32. The first-order valence-corrected chi connectivity index (χ1v) is 5.17. The van der Waals surface area contributed by atoms with Gasteiger partial charge in [0.25, 0.3) is 0 Å². The lowest BCUT2D eigenvalue weighted by Crippen LogP contribution is -2.17. The van der Waals surface area contributed by atoms with Crippen molar-refractivity contribution in [2.24, 2.45) is 5.73 Å². The molecule has 0 radical (unpaired) electrons. The molecule has 2 N–H and O–H groups in total. The van der Waals surface area contributed by atoms with E-state index in [1.807, 2.05) is 12.1 Å². The fourth-order valence-electron chi connectivity index (χ4n) is 1.83. The lowest BCUT2D eigenvalue weighted by atomic mass is 9.88. The zero-order chi connectivity index (χ0) is 9.42. The van der Waals surface area contributed by atoms with Crippen LogP contribution in [0.3, 0.4) is 0 Å². The van der Waals surface area contributed by atoms with E-state index in [1.54, 1.807) is 0 Å². The minimum absolute atomic E-state index is 0.138. The number of benzene rings is 1. The van der Waals surface area contributed by atoms with Gasteiger partial charge in [-0.1, -0.05) is 23.2 Å². The Morgan fingerprint density at radius 1 is 1.23 bits per heavy atom. The molecule has 1 aliphatic rings. The Hall–Kier alpha value is -0.240. The predicted octanol–water partition coefficient (Wildman–Crippen LogP) is 3.33. The summed E-state index contributed by atoms with van der Waals surface area (Å²) in [4.78, 5) is 0. The molecule has 0 saturated carbocycles. The van der Waals surface area contributed by atoms with Crippen molar-refractivity contribution in [1.82, 2.24) is 0 Å². The molecule has 1 nitrogen and oxygen atoms in total. The van der Waals surface area contributed by atoms with Gasteiger partial charge in [0.2, 0.25) is 0 Å². The molecule has 0 aromatic heterocycles. The van der Waals surface area contributed by atoms with Crippen LogP contribution in [0.25, 0.3) is 0 Å². The number of aryl methyl sites for hydroxylation is 1. The molecule has 0 unspecified atom stereocenters. The summed E-state index contributed by atoms with van der Waals surface area (Å²) in [5.41, 5.74) is 8.39. The number of hydrogen-bond acceptors (Lipinski definition) is 1. The van der Waals surface area contributed by atoms with Crippen molar-refractivity contribution in [3.8, 4) is 0 Å². The molecule has 0 bridgehead atoms. The zero-order valence-electron chi connectivity index (χ0n) is 7.19. The van der Waals surface area contributed by atoms with Crippen molar-refractivity contribution in [3.63, 3.8) is 0 Å². The quantitative estimate of drug-likeness (QED) is 0.707. The maximum absolute atomic E-state index is 5.96. The monoisotopic (exact) mass is 215 g/mol. The third-order valence-electron chi connectivity index (χ3n) is 2.54. The van der Waals surface area contributed by atoms with Crippen molar-refractivity contribution in [3.05, 3.63) is 33.3 Å². The molecule has 70 valence electrons. The van der Waals surface area contributed by atoms with Crippen LogP contribution in [-0.4, -0.2) is 0 Å². The Kier molecular flexibility index (Phi) is 2.50. The van der Waals surface area contributed by atoms with Crippen molar-refractivity contribution in [1.29, 1.82) is 0 Å². The Bertz CT molecular complexity index is 336. The summed E-state index contributed by atoms with van der Waals surface area (Å²) in [6, 6.07) is 3.99. The molecule has 0 saturated heterocycles. The van der Waals surface area contributed by atoms with Crippen molar-refractivity contribution in [2.45, 2.75) is 25.3 Å². The molecule has 1 aromatic carbocycles. The number of hydrogen-bond donors (Lipinski definition) is 1. The molecule has 0 amide bonds. The smallest absolute Gasteiger partial charge is 0.0595 e. The second kappa shape index (κ2) is 3.49. The van der Waals surface area contributed by atoms with Gasteiger partial charge in [-0.25, -0.2) is 0 Å². The van der Waals surface area contributed by atoms with Gasteiger partial charge in [0.1, 0.15) is 0 Å². The van der Waals surface area contributed by atoms with Crippen LogP contribution in [0.1, 0.15) is 30.0 Å². The second-order valence-electron chi connectivity index (χ2n) is 3.46. The third kappa shape index (κ3) is 1.69. The van der Waals surface area contributed by atoms with Gasteiger partial charge in [0.05, 0.1) is 10.0 Å². The maximum atomic E-state index is 5.96. The Morgan fingerprint density at radius 3 is 2.69 bits per heavy atom. The van der Waals surface area contributed by atoms with Crippen LogP contribution in [0.15, 0.2) is 12.1 Å². The van der Waals surface area contributed by atoms with E-state index in [0.717, 1.165) is 19.3 Å². The fourth-order valence-corrected chi connectivity index (χ4v) is 2.19. The highest BCUT2D eigenvalue weighted by atomic mass is 35.5. The molecular formula is C10H11Cl2N. The first-order valence-electron chi connectivity index (χ1n) is 4.42. The fraction of sp³-hybridized carbons (Fsp3) is 0.400. The minimum Gasteiger partial charge on any atom is -0.324 e. The number of halogens is 2. The van der Waals surface area contributed by atoms with Gasteiger partial charge in [-0.05, 0) is 42.5 Å². The van der Waals surface area contributed by atoms with Crippen LogP contribution in [-0.2, 0) is 6.42 Å². The molecule has 0 aliphatic heterocycles. The normalized spacial score (nSPS) is 21.3. The molecule has 13 heavy (non-hydrogen) atoms. The van der Waals surface area contributed by atoms with E-state index in [4.69, 9.17) is 28.9 Å². The van der Waals surface area contributed by atoms with E-state index >= 15 is 0 Å². The lowest BCUT2D eigenvalue weighted by Gasteiger charge is -2.22. The summed E-state index contributed by atoms with van der Waals surface area (Å²) >= 11 is 11.8. The van der Waals surface area contributed by atoms with E-state index in [-0.39, 0.29) is 6.04 Å². The van der Waals surface area contributed by atoms with Crippen LogP contribution in [0.2, 0.25) is 10.0 Å². The van der Waals surface area contributed by atoms with Gasteiger partial charge in [0.15, 0.2) is 0 Å². The molecule has 0 fully saturated rings. The average Bonchev–Trinajstić information content (AvgIpc) is 2.09. The molecule has 2 rings (SSSR count). The SMILES string of the molecule is N[C@H]1CCCc2cc(Cl)c(Cl)cc21. The highest BCUT2D eigenvalue weighted by Crippen LogP contribution is 2.34. The van der Waals surface area contributed by atoms with Gasteiger partial charge in [0, 0.05) is 6.04 Å². The number of rotatable bonds is 0. The van der Waals surface area contributed by atoms with Gasteiger partial charge < -0.3 is 5.73 Å². The highest BCUT2D eigenvalue weighted by Gasteiger charge is 2.17. The predicted molar refractivity (Wildman–Crippen MR) is 56.3 cm³/mol. The average molecular weight is 216 g/mol. The van der Waals surface area contributed by atoms with Crippen LogP contribution in [0.5, 0.6) is 0 Å². The molecule has 0 spiro atoms. The van der Waals surface area contributed by atoms with Gasteiger partial charge >= 0.3 is 0 Å². The summed E-state index contributed by atoms with van der Waals surface area (Å²) in [6.45, 7) is 0. The van der Waals surface area contributed by atoms with Gasteiger partial charge in [-0.2, -0.15) is 0 Å². The number of fused-ring (bicyclic) bond motifs is 1. The Balaban J connectivity index is 2.52. The van der Waals surface area contributed by atoms with Crippen molar-refractivity contribution < 1.29 is 0 Å². The standard InChI is InChI=1S/C10H11Cl2N/c11-8-4-6-2-1-3-10(13)7(6)5-9(8)12/h4-5,10H,1-3,13H2/t10-/m0/s1. The zero-order valence-corrected chi connectivity index (χ0v) is 8.70. The van der Waals surface area contributed by atoms with Crippen LogP contribution in [0, 0.1) is 0 Å². The molecule has 1 aliphatic carbocycles. The van der Waals surface area contributed by atoms with Crippen molar-refractivity contribution >= 4 is 23.2 Å². The van der Waals surface area contributed by atoms with Gasteiger partial charge in [-0.15, -0.1) is 0 Å². The van der Waals surface area contributed by atoms with E-state index in [0.29, 0.717) is 10.0 Å². The third-order valence-corrected chi connectivity index (χ3v) is 3.26. The molecule has 1 atom stereocenters. The Labute approximate surface area is 87.8 Å². The molecular weight excluding hydrogens is 205 g/mol. The van der Waals surface area contributed by atoms with Crippen LogP contribution >= 0.6 is 23.2 Å². The van der Waals surface area contributed by atoms with E-state index in [9.17, 15) is 0 Å². The topological polar surface area (TPSA) is 26.0 Å². The minimum atomic E-state index is 0.138. The molecule has 0 heterocycles. The molecule has 3 heteroatoms. The summed E-state index contributed by atoms with van der Waals surface area (Å²) in [7, 11) is 0. The second-order valence-corrected chi connectivity index (χ2v) is 4.28. The molecule has 1 aromatic rings. The maximum Gasteiger partial charge on any atom is 0.0595 e. The number of nitrogens with two attached hydrogens (primary N) is 1. The largest absolute Gasteiger partial charge is 0.324 e. The summed E-state index contributed by atoms with van der Waals surface area (Å²) in [5.74, 6) is 0. The van der Waals surface area contributed by atoms with Gasteiger partial charge in [-0.3, -0.25) is 0 Å². The van der Waals surface area contributed by atoms with E-state index < -0.39 is 0 Å². The van der Waals surface area contributed by atoms with Crippen molar-refractivity contribution in [2.75, 3.05) is 0 Å².